The number of hydrogen-bond acceptors (Lipinski definition) is 4. The van der Waals surface area contributed by atoms with Gasteiger partial charge in [-0.15, -0.1) is 0 Å². The average Bonchev–Trinajstić information content (AvgIpc) is 3.17. The molecule has 2 fully saturated rings. The molecule has 0 spiro atoms. The molecule has 5 heteroatoms. The van der Waals surface area contributed by atoms with Crippen molar-refractivity contribution in [3.05, 3.63) is 11.0 Å². The molecule has 3 rings (SSSR count). The SMILES string of the molecule is Cc1nc(Cl)nc(N(CC2CC2)CC2CC2)c1N. The molecule has 0 unspecified atom stereocenters. The van der Waals surface area contributed by atoms with E-state index in [-0.39, 0.29) is 0 Å². The van der Waals surface area contributed by atoms with Crippen molar-refractivity contribution in [1.29, 1.82) is 0 Å². The zero-order valence-corrected chi connectivity index (χ0v) is 11.5. The quantitative estimate of drug-likeness (QED) is 0.833. The highest BCUT2D eigenvalue weighted by molar-refractivity contribution is 6.28. The Balaban J connectivity index is 1.86. The summed E-state index contributed by atoms with van der Waals surface area (Å²) in [5.41, 5.74) is 7.58. The van der Waals surface area contributed by atoms with Crippen LogP contribution in [0, 0.1) is 18.8 Å². The second-order valence-electron chi connectivity index (χ2n) is 5.61. The zero-order chi connectivity index (χ0) is 12.7. The maximum atomic E-state index is 6.12. The van der Waals surface area contributed by atoms with Crippen molar-refractivity contribution in [2.75, 3.05) is 23.7 Å². The summed E-state index contributed by atoms with van der Waals surface area (Å²) in [5.74, 6) is 2.47. The minimum atomic E-state index is 0.299. The van der Waals surface area contributed by atoms with Crippen molar-refractivity contribution in [2.24, 2.45) is 11.8 Å². The fraction of sp³-hybridized carbons (Fsp3) is 0.692. The number of rotatable bonds is 5. The Morgan fingerprint density at radius 2 is 1.72 bits per heavy atom. The van der Waals surface area contributed by atoms with Crippen molar-refractivity contribution >= 4 is 23.1 Å². The Morgan fingerprint density at radius 1 is 1.17 bits per heavy atom. The molecule has 0 aliphatic heterocycles. The van der Waals surface area contributed by atoms with Crippen LogP contribution in [-0.4, -0.2) is 23.1 Å². The molecule has 18 heavy (non-hydrogen) atoms. The van der Waals surface area contributed by atoms with E-state index in [4.69, 9.17) is 17.3 Å². The van der Waals surface area contributed by atoms with E-state index in [9.17, 15) is 0 Å². The standard InChI is InChI=1S/C13H19ClN4/c1-8-11(15)12(17-13(14)16-8)18(6-9-2-3-9)7-10-4-5-10/h9-10H,2-7,15H2,1H3. The minimum absolute atomic E-state index is 0.299. The Hall–Kier alpha value is -1.03. The molecule has 0 saturated heterocycles. The predicted molar refractivity (Wildman–Crippen MR) is 73.9 cm³/mol. The highest BCUT2D eigenvalue weighted by Crippen LogP contribution is 2.37. The van der Waals surface area contributed by atoms with Gasteiger partial charge in [0.05, 0.1) is 11.4 Å². The first kappa shape index (κ1) is 12.0. The summed E-state index contributed by atoms with van der Waals surface area (Å²) < 4.78 is 0. The Kier molecular flexibility index (Phi) is 3.06. The highest BCUT2D eigenvalue weighted by Gasteiger charge is 2.31. The van der Waals surface area contributed by atoms with E-state index in [1.807, 2.05) is 6.92 Å². The van der Waals surface area contributed by atoms with Crippen LogP contribution in [0.3, 0.4) is 0 Å². The van der Waals surface area contributed by atoms with Crippen molar-refractivity contribution < 1.29 is 0 Å². The second kappa shape index (κ2) is 4.57. The minimum Gasteiger partial charge on any atom is -0.394 e. The molecule has 0 radical (unpaired) electrons. The Bertz CT molecular complexity index is 441. The van der Waals surface area contributed by atoms with E-state index in [1.54, 1.807) is 0 Å². The lowest BCUT2D eigenvalue weighted by molar-refractivity contribution is 0.671. The fourth-order valence-corrected chi connectivity index (χ4v) is 2.45. The van der Waals surface area contributed by atoms with Crippen molar-refractivity contribution in [1.82, 2.24) is 9.97 Å². The third kappa shape index (κ3) is 2.69. The van der Waals surface area contributed by atoms with E-state index < -0.39 is 0 Å². The molecular weight excluding hydrogens is 248 g/mol. The predicted octanol–water partition coefficient (Wildman–Crippen LogP) is 2.65. The van der Waals surface area contributed by atoms with Gasteiger partial charge in [-0.3, -0.25) is 0 Å². The molecule has 2 aliphatic rings. The van der Waals surface area contributed by atoms with Crippen LogP contribution in [-0.2, 0) is 0 Å². The summed E-state index contributed by atoms with van der Waals surface area (Å²) in [6.07, 6.45) is 5.33. The van der Waals surface area contributed by atoms with Crippen LogP contribution in [0.15, 0.2) is 0 Å². The third-order valence-corrected chi connectivity index (χ3v) is 3.91. The molecule has 0 bridgehead atoms. The van der Waals surface area contributed by atoms with Crippen LogP contribution < -0.4 is 10.6 Å². The van der Waals surface area contributed by atoms with Gasteiger partial charge in [-0.25, -0.2) is 4.98 Å². The van der Waals surface area contributed by atoms with Crippen LogP contribution in [0.5, 0.6) is 0 Å². The van der Waals surface area contributed by atoms with Gasteiger partial charge >= 0.3 is 0 Å². The van der Waals surface area contributed by atoms with Crippen LogP contribution in [0.2, 0.25) is 5.28 Å². The number of nitrogens with two attached hydrogens (primary N) is 1. The first-order chi connectivity index (χ1) is 8.63. The van der Waals surface area contributed by atoms with Gasteiger partial charge in [0.2, 0.25) is 5.28 Å². The number of nitrogens with zero attached hydrogens (tertiary/aromatic N) is 3. The highest BCUT2D eigenvalue weighted by atomic mass is 35.5. The Labute approximate surface area is 113 Å². The van der Waals surface area contributed by atoms with Crippen LogP contribution >= 0.6 is 11.6 Å². The number of aryl methyl sites for hydroxylation is 1. The summed E-state index contributed by atoms with van der Waals surface area (Å²) in [6.45, 7) is 4.01. The summed E-state index contributed by atoms with van der Waals surface area (Å²) in [7, 11) is 0. The van der Waals surface area contributed by atoms with Gasteiger partial charge in [-0.1, -0.05) is 0 Å². The van der Waals surface area contributed by atoms with Crippen LogP contribution in [0.4, 0.5) is 11.5 Å². The van der Waals surface area contributed by atoms with Gasteiger partial charge in [-0.2, -0.15) is 4.98 Å². The number of anilines is 2. The lowest BCUT2D eigenvalue weighted by atomic mass is 10.2. The van der Waals surface area contributed by atoms with Gasteiger partial charge in [-0.05, 0) is 56.0 Å². The topological polar surface area (TPSA) is 55.0 Å². The molecule has 1 heterocycles. The summed E-state index contributed by atoms with van der Waals surface area (Å²) in [5, 5.41) is 0.299. The van der Waals surface area contributed by atoms with Gasteiger partial charge in [0.25, 0.3) is 0 Å². The zero-order valence-electron chi connectivity index (χ0n) is 10.7. The molecule has 0 amide bonds. The molecule has 2 saturated carbocycles. The molecular formula is C13H19ClN4. The molecule has 1 aromatic rings. The van der Waals surface area contributed by atoms with E-state index in [0.717, 1.165) is 36.4 Å². The molecule has 0 aromatic carbocycles. The van der Waals surface area contributed by atoms with Crippen LogP contribution in [0.1, 0.15) is 31.4 Å². The number of aromatic nitrogens is 2. The smallest absolute Gasteiger partial charge is 0.224 e. The first-order valence-electron chi connectivity index (χ1n) is 6.68. The number of halogens is 1. The first-order valence-corrected chi connectivity index (χ1v) is 7.06. The largest absolute Gasteiger partial charge is 0.394 e. The maximum absolute atomic E-state index is 6.12. The fourth-order valence-electron chi connectivity index (χ4n) is 2.25. The summed E-state index contributed by atoms with van der Waals surface area (Å²) in [4.78, 5) is 10.8. The van der Waals surface area contributed by atoms with Crippen molar-refractivity contribution in [3.8, 4) is 0 Å². The molecule has 1 aromatic heterocycles. The maximum Gasteiger partial charge on any atom is 0.224 e. The molecule has 2 aliphatic carbocycles. The van der Waals surface area contributed by atoms with E-state index in [2.05, 4.69) is 14.9 Å². The number of nitrogen functional groups attached to an aromatic ring is 1. The Morgan fingerprint density at radius 3 is 2.22 bits per heavy atom. The second-order valence-corrected chi connectivity index (χ2v) is 5.95. The van der Waals surface area contributed by atoms with Gasteiger partial charge in [0.15, 0.2) is 5.82 Å². The van der Waals surface area contributed by atoms with Crippen LogP contribution in [0.25, 0.3) is 0 Å². The normalized spacial score (nSPS) is 19.0. The van der Waals surface area contributed by atoms with Gasteiger partial charge in [0.1, 0.15) is 0 Å². The average molecular weight is 267 g/mol. The molecule has 0 atom stereocenters. The van der Waals surface area contributed by atoms with Crippen molar-refractivity contribution in [2.45, 2.75) is 32.6 Å². The third-order valence-electron chi connectivity index (χ3n) is 3.74. The number of hydrogen-bond donors (Lipinski definition) is 1. The monoisotopic (exact) mass is 266 g/mol. The van der Waals surface area contributed by atoms with E-state index >= 15 is 0 Å². The van der Waals surface area contributed by atoms with Gasteiger partial charge < -0.3 is 10.6 Å². The van der Waals surface area contributed by atoms with Crippen molar-refractivity contribution in [3.63, 3.8) is 0 Å². The van der Waals surface area contributed by atoms with Gasteiger partial charge in [0, 0.05) is 13.1 Å². The lowest BCUT2D eigenvalue weighted by Gasteiger charge is -2.25. The summed E-state index contributed by atoms with van der Waals surface area (Å²) in [6, 6.07) is 0. The molecule has 98 valence electrons. The summed E-state index contributed by atoms with van der Waals surface area (Å²) >= 11 is 5.97. The van der Waals surface area contributed by atoms with E-state index in [1.165, 1.54) is 25.7 Å². The lowest BCUT2D eigenvalue weighted by Crippen LogP contribution is -2.30. The molecule has 4 nitrogen and oxygen atoms in total. The van der Waals surface area contributed by atoms with E-state index in [0.29, 0.717) is 11.0 Å². The molecule has 2 N–H and O–H groups in total.